The molecule has 29 heavy (non-hydrogen) atoms. The number of anilines is 2. The summed E-state index contributed by atoms with van der Waals surface area (Å²) in [5.74, 6) is 0.574. The summed E-state index contributed by atoms with van der Waals surface area (Å²) >= 11 is 0. The molecule has 0 bridgehead atoms. The van der Waals surface area contributed by atoms with E-state index in [-0.39, 0.29) is 6.03 Å². The maximum atomic E-state index is 12.9. The summed E-state index contributed by atoms with van der Waals surface area (Å²) in [6.07, 6.45) is 6.07. The smallest absolute Gasteiger partial charge is 0.262 e. The Kier molecular flexibility index (Phi) is 6.01. The van der Waals surface area contributed by atoms with Gasteiger partial charge in [0.05, 0.1) is 11.4 Å². The number of nitrogens with one attached hydrogen (secondary N) is 1. The molecule has 2 amide bonds. The van der Waals surface area contributed by atoms with Gasteiger partial charge in [0.25, 0.3) is 0 Å². The van der Waals surface area contributed by atoms with E-state index >= 15 is 0 Å². The van der Waals surface area contributed by atoms with Gasteiger partial charge in [0.15, 0.2) is 0 Å². The molecule has 3 aromatic rings. The fraction of sp³-hybridized carbons (Fsp3) is 0.200. The largest absolute Gasteiger partial charge is 0.346 e. The number of rotatable bonds is 5. The van der Waals surface area contributed by atoms with Crippen molar-refractivity contribution in [1.29, 1.82) is 0 Å². The van der Waals surface area contributed by atoms with Gasteiger partial charge in [-0.25, -0.2) is 10.2 Å². The molecule has 0 saturated carbocycles. The number of carbonyl (C=O) groups is 1. The van der Waals surface area contributed by atoms with Crippen molar-refractivity contribution in [2.45, 2.75) is 25.7 Å². The summed E-state index contributed by atoms with van der Waals surface area (Å²) < 4.78 is 0. The van der Waals surface area contributed by atoms with Gasteiger partial charge in [-0.05, 0) is 67.0 Å². The molecule has 146 valence electrons. The molecule has 0 fully saturated rings. The van der Waals surface area contributed by atoms with Gasteiger partial charge in [-0.3, -0.25) is 4.90 Å². The summed E-state index contributed by atoms with van der Waals surface area (Å²) in [5.41, 5.74) is 7.21. The van der Waals surface area contributed by atoms with Crippen LogP contribution in [0.15, 0.2) is 90.0 Å². The number of aryl methyl sites for hydroxylation is 1. The first-order valence-corrected chi connectivity index (χ1v) is 10.1. The third-order valence-corrected chi connectivity index (χ3v) is 5.37. The van der Waals surface area contributed by atoms with Gasteiger partial charge in [0.1, 0.15) is 0 Å². The van der Waals surface area contributed by atoms with E-state index in [1.54, 1.807) is 4.90 Å². The fourth-order valence-electron chi connectivity index (χ4n) is 3.86. The van der Waals surface area contributed by atoms with Crippen LogP contribution in [0.5, 0.6) is 0 Å². The van der Waals surface area contributed by atoms with E-state index in [0.717, 1.165) is 37.1 Å². The number of fused-ring (bicyclic) bond motifs is 1. The molecule has 4 nitrogen and oxygen atoms in total. The molecule has 0 aromatic heterocycles. The molecule has 0 spiro atoms. The highest BCUT2D eigenvalue weighted by molar-refractivity contribution is 5.99. The van der Waals surface area contributed by atoms with Gasteiger partial charge >= 0.3 is 6.03 Å². The van der Waals surface area contributed by atoms with Crippen molar-refractivity contribution in [3.8, 4) is 0 Å². The molecule has 4 rings (SSSR count). The molecule has 1 N–H and O–H groups in total. The second kappa shape index (κ2) is 9.20. The Morgan fingerprint density at radius 3 is 2.14 bits per heavy atom. The maximum Gasteiger partial charge on any atom is 0.346 e. The fourth-order valence-corrected chi connectivity index (χ4v) is 3.86. The first kappa shape index (κ1) is 18.9. The number of hydrogen-bond acceptors (Lipinski definition) is 2. The molecule has 0 aliphatic heterocycles. The minimum Gasteiger partial charge on any atom is -0.262 e. The van der Waals surface area contributed by atoms with Crippen molar-refractivity contribution >= 4 is 23.6 Å². The van der Waals surface area contributed by atoms with Crippen molar-refractivity contribution in [3.63, 3.8) is 0 Å². The summed E-state index contributed by atoms with van der Waals surface area (Å²) in [6.45, 7) is 0. The van der Waals surface area contributed by atoms with Gasteiger partial charge in [-0.2, -0.15) is 5.10 Å². The third-order valence-electron chi connectivity index (χ3n) is 5.37. The van der Waals surface area contributed by atoms with Crippen LogP contribution in [0.1, 0.15) is 24.0 Å². The number of urea groups is 1. The highest BCUT2D eigenvalue weighted by Gasteiger charge is 2.18. The molecule has 1 unspecified atom stereocenters. The van der Waals surface area contributed by atoms with Crippen molar-refractivity contribution in [3.05, 3.63) is 96.1 Å². The molecule has 1 atom stereocenters. The van der Waals surface area contributed by atoms with Crippen LogP contribution in [0.4, 0.5) is 16.2 Å². The van der Waals surface area contributed by atoms with Crippen LogP contribution in [0.2, 0.25) is 0 Å². The van der Waals surface area contributed by atoms with Gasteiger partial charge in [-0.1, -0.05) is 60.7 Å². The monoisotopic (exact) mass is 383 g/mol. The molecule has 1 aliphatic rings. The first-order valence-electron chi connectivity index (χ1n) is 10.1. The average molecular weight is 383 g/mol. The summed E-state index contributed by atoms with van der Waals surface area (Å²) in [5, 5.41) is 4.23. The molecule has 3 aromatic carbocycles. The van der Waals surface area contributed by atoms with E-state index in [1.165, 1.54) is 11.1 Å². The molecule has 0 heterocycles. The van der Waals surface area contributed by atoms with E-state index in [0.29, 0.717) is 5.92 Å². The van der Waals surface area contributed by atoms with Gasteiger partial charge in [-0.15, -0.1) is 0 Å². The topological polar surface area (TPSA) is 44.7 Å². The first-order chi connectivity index (χ1) is 14.3. The van der Waals surface area contributed by atoms with E-state index in [1.807, 2.05) is 66.9 Å². The minimum absolute atomic E-state index is 0.271. The Balaban J connectivity index is 1.38. The molecular formula is C25H25N3O. The minimum atomic E-state index is -0.271. The van der Waals surface area contributed by atoms with Crippen LogP contribution in [-0.2, 0) is 12.8 Å². The quantitative estimate of drug-likeness (QED) is 0.445. The molecular weight excluding hydrogens is 358 g/mol. The third kappa shape index (κ3) is 4.72. The summed E-state index contributed by atoms with van der Waals surface area (Å²) in [6, 6.07) is 27.6. The predicted molar refractivity (Wildman–Crippen MR) is 119 cm³/mol. The van der Waals surface area contributed by atoms with Crippen LogP contribution in [-0.4, -0.2) is 12.2 Å². The van der Waals surface area contributed by atoms with Crippen LogP contribution in [0, 0.1) is 5.92 Å². The standard InChI is InChI=1S/C25H25N3O/c29-25(28(23-11-3-1-4-12-23)24-13-5-2-6-14-24)27-26-18-17-20-15-16-21-9-7-8-10-22(21)19-20/h1-14,18,20H,15-17,19H2,(H,27,29). The highest BCUT2D eigenvalue weighted by Crippen LogP contribution is 2.27. The zero-order valence-electron chi connectivity index (χ0n) is 16.4. The van der Waals surface area contributed by atoms with Crippen molar-refractivity contribution in [2.75, 3.05) is 4.90 Å². The van der Waals surface area contributed by atoms with Crippen LogP contribution in [0.3, 0.4) is 0 Å². The average Bonchev–Trinajstić information content (AvgIpc) is 2.78. The highest BCUT2D eigenvalue weighted by atomic mass is 16.2. The maximum absolute atomic E-state index is 12.9. The summed E-state index contributed by atoms with van der Waals surface area (Å²) in [7, 11) is 0. The number of hydrogen-bond donors (Lipinski definition) is 1. The number of benzene rings is 3. The normalized spacial score (nSPS) is 15.7. The van der Waals surface area contributed by atoms with Crippen molar-refractivity contribution < 1.29 is 4.79 Å². The number of nitrogens with zero attached hydrogens (tertiary/aromatic N) is 2. The number of carbonyl (C=O) groups excluding carboxylic acids is 1. The second-order valence-corrected chi connectivity index (χ2v) is 7.35. The number of amides is 2. The van der Waals surface area contributed by atoms with Crippen LogP contribution in [0.25, 0.3) is 0 Å². The van der Waals surface area contributed by atoms with Crippen molar-refractivity contribution in [1.82, 2.24) is 5.43 Å². The Labute approximate surface area is 171 Å². The molecule has 0 radical (unpaired) electrons. The van der Waals surface area contributed by atoms with Crippen molar-refractivity contribution in [2.24, 2.45) is 11.0 Å². The predicted octanol–water partition coefficient (Wildman–Crippen LogP) is 5.72. The van der Waals surface area contributed by atoms with Gasteiger partial charge in [0.2, 0.25) is 0 Å². The van der Waals surface area contributed by atoms with Gasteiger partial charge in [0, 0.05) is 6.21 Å². The van der Waals surface area contributed by atoms with Gasteiger partial charge < -0.3 is 0 Å². The zero-order chi connectivity index (χ0) is 19.9. The van der Waals surface area contributed by atoms with E-state index < -0.39 is 0 Å². The number of para-hydroxylation sites is 2. The molecule has 0 saturated heterocycles. The lowest BCUT2D eigenvalue weighted by atomic mass is 9.82. The summed E-state index contributed by atoms with van der Waals surface area (Å²) in [4.78, 5) is 14.5. The van der Waals surface area contributed by atoms with Crippen LogP contribution >= 0.6 is 0 Å². The Morgan fingerprint density at radius 2 is 1.48 bits per heavy atom. The number of hydrazone groups is 1. The lowest BCUT2D eigenvalue weighted by molar-refractivity contribution is 0.249. The Morgan fingerprint density at radius 1 is 0.897 bits per heavy atom. The molecule has 1 aliphatic carbocycles. The second-order valence-electron chi connectivity index (χ2n) is 7.35. The lowest BCUT2D eigenvalue weighted by Crippen LogP contribution is -2.34. The lowest BCUT2D eigenvalue weighted by Gasteiger charge is -2.23. The Hall–Kier alpha value is -3.40. The Bertz CT molecular complexity index is 930. The van der Waals surface area contributed by atoms with E-state index in [4.69, 9.17) is 0 Å². The zero-order valence-corrected chi connectivity index (χ0v) is 16.4. The van der Waals surface area contributed by atoms with E-state index in [9.17, 15) is 4.79 Å². The molecule has 4 heteroatoms. The SMILES string of the molecule is O=C(NN=CCC1CCc2ccccc2C1)N(c1ccccc1)c1ccccc1. The van der Waals surface area contributed by atoms with Crippen LogP contribution < -0.4 is 10.3 Å². The van der Waals surface area contributed by atoms with E-state index in [2.05, 4.69) is 34.8 Å².